The van der Waals surface area contributed by atoms with Crippen LogP contribution in [0.15, 0.2) is 48.7 Å². The van der Waals surface area contributed by atoms with E-state index in [1.165, 1.54) is 6.92 Å². The number of benzene rings is 1. The highest BCUT2D eigenvalue weighted by Gasteiger charge is 2.15. The number of hydrogen-bond donors (Lipinski definition) is 1. The molecule has 2 aromatic heterocycles. The van der Waals surface area contributed by atoms with E-state index < -0.39 is 5.97 Å². The summed E-state index contributed by atoms with van der Waals surface area (Å²) in [7, 11) is 0. The monoisotopic (exact) mass is 351 g/mol. The molecule has 0 bridgehead atoms. The SMILES string of the molecule is CC(=O)Nc1ccc(C(=O)COC(=O)c2cn3c(C)cccc3n2)cc1. The van der Waals surface area contributed by atoms with Gasteiger partial charge in [-0.15, -0.1) is 0 Å². The highest BCUT2D eigenvalue weighted by Crippen LogP contribution is 2.12. The number of fused-ring (bicyclic) bond motifs is 1. The summed E-state index contributed by atoms with van der Waals surface area (Å²) in [4.78, 5) is 39.5. The Morgan fingerprint density at radius 2 is 1.85 bits per heavy atom. The fourth-order valence-corrected chi connectivity index (χ4v) is 2.48. The van der Waals surface area contributed by atoms with Gasteiger partial charge in [-0.1, -0.05) is 6.07 Å². The summed E-state index contributed by atoms with van der Waals surface area (Å²) in [5, 5.41) is 2.61. The normalized spacial score (nSPS) is 10.5. The van der Waals surface area contributed by atoms with Crippen molar-refractivity contribution < 1.29 is 19.1 Å². The van der Waals surface area contributed by atoms with E-state index in [9.17, 15) is 14.4 Å². The van der Waals surface area contributed by atoms with Crippen molar-refractivity contribution in [3.63, 3.8) is 0 Å². The minimum Gasteiger partial charge on any atom is -0.453 e. The Labute approximate surface area is 149 Å². The highest BCUT2D eigenvalue weighted by atomic mass is 16.5. The Hall–Kier alpha value is -3.48. The molecular formula is C19H17N3O4. The number of aryl methyl sites for hydroxylation is 1. The zero-order chi connectivity index (χ0) is 18.7. The third kappa shape index (κ3) is 3.77. The first-order valence-electron chi connectivity index (χ1n) is 7.97. The van der Waals surface area contributed by atoms with Crippen LogP contribution in [-0.2, 0) is 9.53 Å². The minimum absolute atomic E-state index is 0.146. The molecule has 0 aliphatic rings. The number of hydrogen-bond acceptors (Lipinski definition) is 5. The van der Waals surface area contributed by atoms with Crippen molar-refractivity contribution in [3.8, 4) is 0 Å². The molecule has 1 N–H and O–H groups in total. The van der Waals surface area contributed by atoms with Gasteiger partial charge in [-0.3, -0.25) is 9.59 Å². The van der Waals surface area contributed by atoms with Crippen molar-refractivity contribution in [2.75, 3.05) is 11.9 Å². The van der Waals surface area contributed by atoms with Crippen molar-refractivity contribution >= 4 is 29.0 Å². The summed E-state index contributed by atoms with van der Waals surface area (Å²) < 4.78 is 6.85. The molecular weight excluding hydrogens is 334 g/mol. The van der Waals surface area contributed by atoms with E-state index in [4.69, 9.17) is 4.74 Å². The Bertz CT molecular complexity index is 990. The standard InChI is InChI=1S/C19H17N3O4/c1-12-4-3-5-18-21-16(10-22(12)18)19(25)26-11-17(24)14-6-8-15(9-7-14)20-13(2)23/h3-10H,11H2,1-2H3,(H,20,23). The zero-order valence-corrected chi connectivity index (χ0v) is 14.4. The number of esters is 1. The molecule has 0 unspecified atom stereocenters. The Kier molecular flexibility index (Phi) is 4.79. The number of anilines is 1. The molecule has 0 fully saturated rings. The van der Waals surface area contributed by atoms with Gasteiger partial charge < -0.3 is 14.5 Å². The third-order valence-corrected chi connectivity index (χ3v) is 3.77. The molecule has 0 radical (unpaired) electrons. The maximum atomic E-state index is 12.2. The number of aromatic nitrogens is 2. The number of pyridine rings is 1. The van der Waals surface area contributed by atoms with E-state index >= 15 is 0 Å². The second kappa shape index (κ2) is 7.18. The number of amides is 1. The van der Waals surface area contributed by atoms with Crippen molar-refractivity contribution in [2.24, 2.45) is 0 Å². The van der Waals surface area contributed by atoms with Crippen molar-refractivity contribution in [2.45, 2.75) is 13.8 Å². The number of carbonyl (C=O) groups is 3. The van der Waals surface area contributed by atoms with Gasteiger partial charge in [0.05, 0.1) is 0 Å². The van der Waals surface area contributed by atoms with Crippen LogP contribution in [0.3, 0.4) is 0 Å². The first-order valence-corrected chi connectivity index (χ1v) is 7.97. The number of nitrogens with zero attached hydrogens (tertiary/aromatic N) is 2. The van der Waals surface area contributed by atoms with Crippen LogP contribution in [0.5, 0.6) is 0 Å². The maximum absolute atomic E-state index is 12.2. The van der Waals surface area contributed by atoms with Crippen LogP contribution >= 0.6 is 0 Å². The average Bonchev–Trinajstić information content (AvgIpc) is 3.05. The molecule has 132 valence electrons. The minimum atomic E-state index is -0.656. The average molecular weight is 351 g/mol. The van der Waals surface area contributed by atoms with E-state index in [2.05, 4.69) is 10.3 Å². The van der Waals surface area contributed by atoms with Crippen molar-refractivity contribution in [3.05, 3.63) is 65.6 Å². The predicted molar refractivity (Wildman–Crippen MR) is 95.3 cm³/mol. The van der Waals surface area contributed by atoms with Gasteiger partial charge >= 0.3 is 5.97 Å². The van der Waals surface area contributed by atoms with E-state index in [0.29, 0.717) is 16.9 Å². The molecule has 0 spiro atoms. The second-order valence-corrected chi connectivity index (χ2v) is 5.78. The quantitative estimate of drug-likeness (QED) is 0.564. The lowest BCUT2D eigenvalue weighted by Gasteiger charge is -2.05. The maximum Gasteiger partial charge on any atom is 0.359 e. The first-order chi connectivity index (χ1) is 12.4. The van der Waals surface area contributed by atoms with Gasteiger partial charge in [-0.05, 0) is 43.3 Å². The first kappa shape index (κ1) is 17.3. The summed E-state index contributed by atoms with van der Waals surface area (Å²) in [6, 6.07) is 11.9. The van der Waals surface area contributed by atoms with E-state index in [0.717, 1.165) is 5.69 Å². The lowest BCUT2D eigenvalue weighted by molar-refractivity contribution is -0.114. The van der Waals surface area contributed by atoms with E-state index in [1.54, 1.807) is 40.9 Å². The molecule has 0 saturated heterocycles. The summed E-state index contributed by atoms with van der Waals surface area (Å²) in [5.74, 6) is -1.19. The van der Waals surface area contributed by atoms with Gasteiger partial charge in [0.1, 0.15) is 5.65 Å². The molecule has 7 nitrogen and oxygen atoms in total. The molecule has 7 heteroatoms. The van der Waals surface area contributed by atoms with Crippen LogP contribution in [0, 0.1) is 6.92 Å². The van der Waals surface area contributed by atoms with Crippen LogP contribution in [0.4, 0.5) is 5.69 Å². The van der Waals surface area contributed by atoms with E-state index in [1.807, 2.05) is 19.1 Å². The molecule has 3 aromatic rings. The van der Waals surface area contributed by atoms with Gasteiger partial charge in [0.2, 0.25) is 5.91 Å². The van der Waals surface area contributed by atoms with Gasteiger partial charge in [0, 0.05) is 30.1 Å². The summed E-state index contributed by atoms with van der Waals surface area (Å²) in [5.41, 5.74) is 2.69. The Morgan fingerprint density at radius 3 is 2.50 bits per heavy atom. The second-order valence-electron chi connectivity index (χ2n) is 5.78. The van der Waals surface area contributed by atoms with Crippen LogP contribution in [0.25, 0.3) is 5.65 Å². The molecule has 0 aliphatic carbocycles. The zero-order valence-electron chi connectivity index (χ0n) is 14.4. The van der Waals surface area contributed by atoms with Crippen LogP contribution < -0.4 is 5.32 Å². The molecule has 0 aliphatic heterocycles. The topological polar surface area (TPSA) is 89.8 Å². The number of ketones is 1. The smallest absolute Gasteiger partial charge is 0.359 e. The molecule has 0 atom stereocenters. The van der Waals surface area contributed by atoms with Gasteiger partial charge in [-0.2, -0.15) is 0 Å². The van der Waals surface area contributed by atoms with Gasteiger partial charge in [0.15, 0.2) is 18.1 Å². The summed E-state index contributed by atoms with van der Waals surface area (Å²) in [6.07, 6.45) is 1.58. The summed E-state index contributed by atoms with van der Waals surface area (Å²) in [6.45, 7) is 2.92. The van der Waals surface area contributed by atoms with Crippen molar-refractivity contribution in [1.29, 1.82) is 0 Å². The van der Waals surface area contributed by atoms with Crippen molar-refractivity contribution in [1.82, 2.24) is 9.38 Å². The fourth-order valence-electron chi connectivity index (χ4n) is 2.48. The molecule has 0 saturated carbocycles. The molecule has 2 heterocycles. The lowest BCUT2D eigenvalue weighted by atomic mass is 10.1. The molecule has 3 rings (SSSR count). The van der Waals surface area contributed by atoms with Crippen LogP contribution in [0.2, 0.25) is 0 Å². The third-order valence-electron chi connectivity index (χ3n) is 3.77. The molecule has 26 heavy (non-hydrogen) atoms. The number of imidazole rings is 1. The fraction of sp³-hybridized carbons (Fsp3) is 0.158. The lowest BCUT2D eigenvalue weighted by Crippen LogP contribution is -2.14. The highest BCUT2D eigenvalue weighted by molar-refractivity contribution is 5.99. The number of Topliss-reactive ketones (excluding diaryl/α,β-unsaturated/α-hetero) is 1. The molecule has 1 amide bonds. The predicted octanol–water partition coefficient (Wildman–Crippen LogP) is 2.64. The Balaban J connectivity index is 1.63. The number of rotatable bonds is 5. The number of ether oxygens (including phenoxy) is 1. The largest absolute Gasteiger partial charge is 0.453 e. The number of carbonyl (C=O) groups excluding carboxylic acids is 3. The Morgan fingerprint density at radius 1 is 1.12 bits per heavy atom. The van der Waals surface area contributed by atoms with Crippen LogP contribution in [-0.4, -0.2) is 33.7 Å². The van der Waals surface area contributed by atoms with E-state index in [-0.39, 0.29) is 24.0 Å². The summed E-state index contributed by atoms with van der Waals surface area (Å²) >= 11 is 0. The van der Waals surface area contributed by atoms with Gasteiger partial charge in [-0.25, -0.2) is 9.78 Å². The van der Waals surface area contributed by atoms with Gasteiger partial charge in [0.25, 0.3) is 0 Å². The molecule has 1 aromatic carbocycles. The van der Waals surface area contributed by atoms with Crippen LogP contribution in [0.1, 0.15) is 33.5 Å². The number of nitrogens with one attached hydrogen (secondary N) is 1.